The summed E-state index contributed by atoms with van der Waals surface area (Å²) in [5.74, 6) is -4.80. The van der Waals surface area contributed by atoms with E-state index >= 15 is 0 Å². The zero-order valence-corrected chi connectivity index (χ0v) is 31.3. The molecule has 0 radical (unpaired) electrons. The van der Waals surface area contributed by atoms with Crippen molar-refractivity contribution in [3.05, 3.63) is 71.9 Å². The average molecular weight is 768 g/mol. The highest BCUT2D eigenvalue weighted by atomic mass is 32.2. The Balaban J connectivity index is 1.78. The summed E-state index contributed by atoms with van der Waals surface area (Å²) in [6, 6.07) is 10.9. The average Bonchev–Trinajstić information content (AvgIpc) is 3.54. The van der Waals surface area contributed by atoms with Crippen molar-refractivity contribution in [3.8, 4) is 0 Å². The number of hydrogen-bond acceptors (Lipinski definition) is 9. The Kier molecular flexibility index (Phi) is 17.3. The van der Waals surface area contributed by atoms with Gasteiger partial charge < -0.3 is 47.1 Å². The number of para-hydroxylation sites is 1. The maximum Gasteiger partial charge on any atom is 0.407 e. The van der Waals surface area contributed by atoms with Gasteiger partial charge in [0.1, 0.15) is 24.2 Å². The van der Waals surface area contributed by atoms with Gasteiger partial charge in [0, 0.05) is 42.9 Å². The van der Waals surface area contributed by atoms with Gasteiger partial charge in [0.15, 0.2) is 0 Å². The predicted molar refractivity (Wildman–Crippen MR) is 203 cm³/mol. The molecule has 0 fully saturated rings. The molecule has 16 nitrogen and oxygen atoms in total. The van der Waals surface area contributed by atoms with Gasteiger partial charge in [0.2, 0.25) is 29.5 Å². The number of primary amides is 1. The number of nitrogens with one attached hydrogen (secondary N) is 6. The van der Waals surface area contributed by atoms with E-state index in [0.717, 1.165) is 10.9 Å². The summed E-state index contributed by atoms with van der Waals surface area (Å²) < 4.78 is 5.06. The quantitative estimate of drug-likeness (QED) is 0.0729. The smallest absolute Gasteiger partial charge is 0.407 e. The van der Waals surface area contributed by atoms with E-state index in [1.165, 1.54) is 11.8 Å². The minimum Gasteiger partial charge on any atom is -0.481 e. The predicted octanol–water partition coefficient (Wildman–Crippen LogP) is 1.38. The summed E-state index contributed by atoms with van der Waals surface area (Å²) in [5.41, 5.74) is 7.75. The molecule has 1 aromatic heterocycles. The lowest BCUT2D eigenvalue weighted by Gasteiger charge is -2.26. The number of hydrogen-bond donors (Lipinski definition) is 8. The molecule has 0 saturated carbocycles. The van der Waals surface area contributed by atoms with E-state index in [4.69, 9.17) is 10.5 Å². The number of nitrogens with two attached hydrogens (primary N) is 1. The summed E-state index contributed by atoms with van der Waals surface area (Å²) in [6.07, 6.45) is 1.99. The monoisotopic (exact) mass is 767 g/mol. The summed E-state index contributed by atoms with van der Waals surface area (Å²) in [7, 11) is 0. The molecule has 6 amide bonds. The molecule has 3 rings (SSSR count). The first kappa shape index (κ1) is 42.8. The fourth-order valence-corrected chi connectivity index (χ4v) is 5.82. The molecule has 4 unspecified atom stereocenters. The van der Waals surface area contributed by atoms with Crippen molar-refractivity contribution in [1.82, 2.24) is 31.6 Å². The van der Waals surface area contributed by atoms with Crippen molar-refractivity contribution in [3.63, 3.8) is 0 Å². The third kappa shape index (κ3) is 14.4. The van der Waals surface area contributed by atoms with Gasteiger partial charge in [-0.1, -0.05) is 62.4 Å². The summed E-state index contributed by atoms with van der Waals surface area (Å²) in [6.45, 7) is 3.92. The molecule has 9 N–H and O–H groups in total. The van der Waals surface area contributed by atoms with E-state index in [1.54, 1.807) is 42.8 Å². The van der Waals surface area contributed by atoms with Crippen molar-refractivity contribution in [1.29, 1.82) is 0 Å². The van der Waals surface area contributed by atoms with E-state index in [2.05, 4.69) is 31.6 Å². The number of alkyl carbamates (subject to hydrolysis) is 1. The summed E-state index contributed by atoms with van der Waals surface area (Å²) in [4.78, 5) is 93.0. The zero-order valence-electron chi connectivity index (χ0n) is 30.5. The van der Waals surface area contributed by atoms with Crippen LogP contribution in [-0.2, 0) is 46.3 Å². The number of aromatic amines is 1. The van der Waals surface area contributed by atoms with E-state index in [1.807, 2.05) is 38.1 Å². The lowest BCUT2D eigenvalue weighted by molar-refractivity contribution is -0.141. The van der Waals surface area contributed by atoms with Crippen molar-refractivity contribution >= 4 is 64.3 Å². The number of aliphatic carboxylic acids is 1. The molecule has 0 aliphatic heterocycles. The third-order valence-electron chi connectivity index (χ3n) is 8.12. The molecular formula is C37H49N7O9S. The van der Waals surface area contributed by atoms with Crippen LogP contribution in [-0.4, -0.2) is 101 Å². The third-order valence-corrected chi connectivity index (χ3v) is 8.76. The first-order valence-corrected chi connectivity index (χ1v) is 18.9. The van der Waals surface area contributed by atoms with Crippen LogP contribution in [0, 0.1) is 5.92 Å². The second-order valence-electron chi connectivity index (χ2n) is 13.0. The van der Waals surface area contributed by atoms with E-state index in [-0.39, 0.29) is 44.8 Å². The number of benzene rings is 2. The molecule has 3 aromatic rings. The first-order chi connectivity index (χ1) is 25.8. The van der Waals surface area contributed by atoms with Crippen LogP contribution < -0.4 is 32.3 Å². The van der Waals surface area contributed by atoms with Crippen LogP contribution in [0.5, 0.6) is 0 Å². The second kappa shape index (κ2) is 21.8. The highest BCUT2D eigenvalue weighted by Gasteiger charge is 2.32. The van der Waals surface area contributed by atoms with Gasteiger partial charge in [-0.3, -0.25) is 28.8 Å². The number of ether oxygens (including phenoxy) is 1. The van der Waals surface area contributed by atoms with Crippen molar-refractivity contribution < 1.29 is 43.4 Å². The van der Waals surface area contributed by atoms with Crippen molar-refractivity contribution in [2.24, 2.45) is 11.7 Å². The summed E-state index contributed by atoms with van der Waals surface area (Å²) in [5, 5.41) is 23.1. The maximum absolute atomic E-state index is 13.9. The fourth-order valence-electron chi connectivity index (χ4n) is 5.35. The molecular weight excluding hydrogens is 719 g/mol. The SMILES string of the molecule is CSCCC(NC(=O)C(Cc1c[nH]c2ccccc12)NC(=O)CCNC(=O)OCC(C)C)C(=O)NC(CC(=O)O)C(=O)NC(Cc1ccccc1)C(N)=O. The molecule has 0 bridgehead atoms. The molecule has 0 saturated heterocycles. The van der Waals surface area contributed by atoms with Gasteiger partial charge in [0.25, 0.3) is 0 Å². The Hall–Kier alpha value is -5.58. The number of H-pyrrole nitrogens is 1. The van der Waals surface area contributed by atoms with Gasteiger partial charge in [-0.25, -0.2) is 4.79 Å². The van der Waals surface area contributed by atoms with E-state index < -0.39 is 72.2 Å². The van der Waals surface area contributed by atoms with Crippen LogP contribution in [0.4, 0.5) is 4.79 Å². The fraction of sp³-hybridized carbons (Fsp3) is 0.432. The number of aromatic nitrogens is 1. The van der Waals surface area contributed by atoms with Gasteiger partial charge >= 0.3 is 12.1 Å². The molecule has 54 heavy (non-hydrogen) atoms. The molecule has 2 aromatic carbocycles. The number of carbonyl (C=O) groups is 7. The van der Waals surface area contributed by atoms with Gasteiger partial charge in [-0.2, -0.15) is 11.8 Å². The van der Waals surface area contributed by atoms with Crippen molar-refractivity contribution in [2.45, 2.75) is 70.1 Å². The van der Waals surface area contributed by atoms with Crippen molar-refractivity contribution in [2.75, 3.05) is 25.2 Å². The number of amides is 6. The minimum absolute atomic E-state index is 0.0300. The number of carboxylic acids is 1. The van der Waals surface area contributed by atoms with Gasteiger partial charge in [-0.15, -0.1) is 0 Å². The van der Waals surface area contributed by atoms with Crippen LogP contribution in [0.3, 0.4) is 0 Å². The lowest BCUT2D eigenvalue weighted by Crippen LogP contribution is -2.59. The normalized spacial score (nSPS) is 13.2. The van der Waals surface area contributed by atoms with Gasteiger partial charge in [-0.05, 0) is 41.5 Å². The number of thioether (sulfide) groups is 1. The van der Waals surface area contributed by atoms with E-state index in [0.29, 0.717) is 16.9 Å². The zero-order chi connectivity index (χ0) is 39.6. The number of carbonyl (C=O) groups excluding carboxylic acids is 6. The highest BCUT2D eigenvalue weighted by molar-refractivity contribution is 7.98. The molecule has 1 heterocycles. The van der Waals surface area contributed by atoms with Crippen LogP contribution >= 0.6 is 11.8 Å². The molecule has 292 valence electrons. The first-order valence-electron chi connectivity index (χ1n) is 17.5. The number of rotatable bonds is 22. The number of carboxylic acid groups (broad SMARTS) is 1. The minimum atomic E-state index is -1.62. The Morgan fingerprint density at radius 3 is 2.11 bits per heavy atom. The molecule has 17 heteroatoms. The van der Waals surface area contributed by atoms with E-state index in [9.17, 15) is 38.7 Å². The Bertz CT molecular complexity index is 1750. The Labute approximate surface area is 317 Å². The summed E-state index contributed by atoms with van der Waals surface area (Å²) >= 11 is 1.39. The molecule has 0 aliphatic rings. The van der Waals surface area contributed by atoms with Crippen LogP contribution in [0.15, 0.2) is 60.8 Å². The van der Waals surface area contributed by atoms with Crippen LogP contribution in [0.25, 0.3) is 10.9 Å². The maximum atomic E-state index is 13.9. The second-order valence-corrected chi connectivity index (χ2v) is 14.0. The lowest BCUT2D eigenvalue weighted by atomic mass is 10.0. The Morgan fingerprint density at radius 2 is 1.44 bits per heavy atom. The molecule has 0 spiro atoms. The van der Waals surface area contributed by atoms with Crippen LogP contribution in [0.1, 0.15) is 44.2 Å². The standard InChI is InChI=1S/C37H49N7O9S/c1-22(2)21-53-37(52)39-15-13-31(45)41-29(18-24-20-40-26-12-8-7-11-25(24)26)35(50)42-27(14-16-54-3)34(49)44-30(19-32(46)47)36(51)43-28(33(38)48)17-23-9-5-4-6-10-23/h4-12,20,22,27-30,40H,13-19,21H2,1-3H3,(H2,38,48)(H,39,52)(H,41,45)(H,42,50)(H,43,51)(H,44,49)(H,46,47). The highest BCUT2D eigenvalue weighted by Crippen LogP contribution is 2.19. The van der Waals surface area contributed by atoms with Gasteiger partial charge in [0.05, 0.1) is 13.0 Å². The molecule has 0 aliphatic carbocycles. The Morgan fingerprint density at radius 1 is 0.815 bits per heavy atom. The number of fused-ring (bicyclic) bond motifs is 1. The molecule has 4 atom stereocenters. The largest absolute Gasteiger partial charge is 0.481 e. The van der Waals surface area contributed by atoms with Crippen LogP contribution in [0.2, 0.25) is 0 Å². The topological polar surface area (TPSA) is 251 Å².